The summed E-state index contributed by atoms with van der Waals surface area (Å²) < 4.78 is 11.1. The topological polar surface area (TPSA) is 44.5 Å². The molecule has 94 valence electrons. The van der Waals surface area contributed by atoms with E-state index in [1.54, 1.807) is 0 Å². The van der Waals surface area contributed by atoms with Crippen molar-refractivity contribution in [3.8, 4) is 5.75 Å². The molecule has 2 rings (SSSR count). The van der Waals surface area contributed by atoms with Crippen molar-refractivity contribution in [3.63, 3.8) is 0 Å². The van der Waals surface area contributed by atoms with Gasteiger partial charge >= 0.3 is 0 Å². The van der Waals surface area contributed by atoms with Crippen LogP contribution in [0.15, 0.2) is 18.2 Å². The molecule has 2 atom stereocenters. The Bertz CT molecular complexity index is 372. The molecule has 0 bridgehead atoms. The van der Waals surface area contributed by atoms with E-state index in [9.17, 15) is 0 Å². The van der Waals surface area contributed by atoms with Crippen LogP contribution in [-0.2, 0) is 4.74 Å². The molecule has 0 saturated carbocycles. The summed E-state index contributed by atoms with van der Waals surface area (Å²) in [5.74, 6) is 1.38. The van der Waals surface area contributed by atoms with Crippen LogP contribution in [-0.4, -0.2) is 25.9 Å². The Labute approximate surface area is 103 Å². The number of rotatable bonds is 4. The Kier molecular flexibility index (Phi) is 4.02. The van der Waals surface area contributed by atoms with Gasteiger partial charge in [0.05, 0.1) is 6.61 Å². The van der Waals surface area contributed by atoms with Crippen LogP contribution in [0.1, 0.15) is 17.5 Å². The molecule has 1 aliphatic heterocycles. The quantitative estimate of drug-likeness (QED) is 0.868. The SMILES string of the molecule is Cc1ccc(OCC(N)C2CCOC2)c(C)c1. The molecular weight excluding hydrogens is 214 g/mol. The first-order chi connectivity index (χ1) is 8.16. The summed E-state index contributed by atoms with van der Waals surface area (Å²) in [6, 6.07) is 6.27. The minimum Gasteiger partial charge on any atom is -0.492 e. The van der Waals surface area contributed by atoms with Gasteiger partial charge in [-0.2, -0.15) is 0 Å². The fourth-order valence-electron chi connectivity index (χ4n) is 2.17. The number of ether oxygens (including phenoxy) is 2. The summed E-state index contributed by atoms with van der Waals surface area (Å²) in [6.45, 7) is 6.32. The first-order valence-electron chi connectivity index (χ1n) is 6.20. The number of hydrogen-bond acceptors (Lipinski definition) is 3. The molecule has 3 nitrogen and oxygen atoms in total. The van der Waals surface area contributed by atoms with Gasteiger partial charge in [-0.3, -0.25) is 0 Å². The molecule has 1 aliphatic rings. The van der Waals surface area contributed by atoms with Crippen LogP contribution in [0, 0.1) is 19.8 Å². The van der Waals surface area contributed by atoms with E-state index in [1.807, 2.05) is 6.07 Å². The van der Waals surface area contributed by atoms with E-state index < -0.39 is 0 Å². The fraction of sp³-hybridized carbons (Fsp3) is 0.571. The molecule has 1 saturated heterocycles. The molecule has 1 fully saturated rings. The van der Waals surface area contributed by atoms with Crippen molar-refractivity contribution in [3.05, 3.63) is 29.3 Å². The van der Waals surface area contributed by atoms with Crippen molar-refractivity contribution in [1.82, 2.24) is 0 Å². The second-order valence-corrected chi connectivity index (χ2v) is 4.87. The molecule has 0 aliphatic carbocycles. The molecule has 2 unspecified atom stereocenters. The normalized spacial score (nSPS) is 21.5. The average Bonchev–Trinajstić information content (AvgIpc) is 2.81. The summed E-state index contributed by atoms with van der Waals surface area (Å²) in [7, 11) is 0. The van der Waals surface area contributed by atoms with Gasteiger partial charge in [-0.25, -0.2) is 0 Å². The number of hydrogen-bond donors (Lipinski definition) is 1. The van der Waals surface area contributed by atoms with Gasteiger partial charge in [0.2, 0.25) is 0 Å². The predicted molar refractivity (Wildman–Crippen MR) is 68.3 cm³/mol. The highest BCUT2D eigenvalue weighted by atomic mass is 16.5. The van der Waals surface area contributed by atoms with Crippen LogP contribution in [0.5, 0.6) is 5.75 Å². The number of nitrogens with two attached hydrogens (primary N) is 1. The van der Waals surface area contributed by atoms with Gasteiger partial charge in [-0.05, 0) is 31.9 Å². The van der Waals surface area contributed by atoms with Gasteiger partial charge in [0.1, 0.15) is 12.4 Å². The minimum absolute atomic E-state index is 0.0678. The first kappa shape index (κ1) is 12.4. The smallest absolute Gasteiger partial charge is 0.122 e. The highest BCUT2D eigenvalue weighted by Gasteiger charge is 2.23. The highest BCUT2D eigenvalue weighted by Crippen LogP contribution is 2.20. The van der Waals surface area contributed by atoms with E-state index in [4.69, 9.17) is 15.2 Å². The van der Waals surface area contributed by atoms with Gasteiger partial charge in [-0.15, -0.1) is 0 Å². The monoisotopic (exact) mass is 235 g/mol. The Morgan fingerprint density at radius 1 is 1.47 bits per heavy atom. The summed E-state index contributed by atoms with van der Waals surface area (Å²) in [4.78, 5) is 0. The van der Waals surface area contributed by atoms with E-state index in [0.717, 1.165) is 25.4 Å². The fourth-order valence-corrected chi connectivity index (χ4v) is 2.17. The molecule has 0 amide bonds. The van der Waals surface area contributed by atoms with E-state index >= 15 is 0 Å². The zero-order valence-electron chi connectivity index (χ0n) is 10.6. The Morgan fingerprint density at radius 3 is 2.94 bits per heavy atom. The van der Waals surface area contributed by atoms with E-state index in [1.165, 1.54) is 11.1 Å². The van der Waals surface area contributed by atoms with Crippen molar-refractivity contribution >= 4 is 0 Å². The lowest BCUT2D eigenvalue weighted by molar-refractivity contribution is 0.170. The zero-order valence-corrected chi connectivity index (χ0v) is 10.6. The summed E-state index contributed by atoms with van der Waals surface area (Å²) in [6.07, 6.45) is 1.05. The van der Waals surface area contributed by atoms with Gasteiger partial charge in [-0.1, -0.05) is 17.7 Å². The maximum absolute atomic E-state index is 6.10. The van der Waals surface area contributed by atoms with E-state index in [2.05, 4.69) is 26.0 Å². The van der Waals surface area contributed by atoms with Crippen molar-refractivity contribution in [2.45, 2.75) is 26.3 Å². The van der Waals surface area contributed by atoms with Crippen LogP contribution in [0.25, 0.3) is 0 Å². The van der Waals surface area contributed by atoms with E-state index in [-0.39, 0.29) is 6.04 Å². The molecular formula is C14H21NO2. The third-order valence-electron chi connectivity index (χ3n) is 3.33. The standard InChI is InChI=1S/C14H21NO2/c1-10-3-4-14(11(2)7-10)17-9-13(15)12-5-6-16-8-12/h3-4,7,12-13H,5-6,8-9,15H2,1-2H3. The lowest BCUT2D eigenvalue weighted by Gasteiger charge is -2.19. The third kappa shape index (κ3) is 3.20. The minimum atomic E-state index is 0.0678. The third-order valence-corrected chi connectivity index (χ3v) is 3.33. The van der Waals surface area contributed by atoms with Crippen molar-refractivity contribution in [1.29, 1.82) is 0 Å². The molecule has 1 aromatic carbocycles. The van der Waals surface area contributed by atoms with Crippen molar-refractivity contribution in [2.75, 3.05) is 19.8 Å². The van der Waals surface area contributed by atoms with Crippen LogP contribution in [0.4, 0.5) is 0 Å². The molecule has 0 aromatic heterocycles. The van der Waals surface area contributed by atoms with E-state index in [0.29, 0.717) is 12.5 Å². The maximum Gasteiger partial charge on any atom is 0.122 e. The van der Waals surface area contributed by atoms with Gasteiger partial charge in [0.15, 0.2) is 0 Å². The molecule has 17 heavy (non-hydrogen) atoms. The summed E-state index contributed by atoms with van der Waals surface area (Å²) in [5.41, 5.74) is 8.52. The van der Waals surface area contributed by atoms with Crippen molar-refractivity contribution < 1.29 is 9.47 Å². The molecule has 1 aromatic rings. The van der Waals surface area contributed by atoms with Gasteiger partial charge in [0, 0.05) is 18.6 Å². The van der Waals surface area contributed by atoms with Crippen LogP contribution in [0.3, 0.4) is 0 Å². The maximum atomic E-state index is 6.10. The van der Waals surface area contributed by atoms with Crippen molar-refractivity contribution in [2.24, 2.45) is 11.7 Å². The second kappa shape index (κ2) is 5.52. The highest BCUT2D eigenvalue weighted by molar-refractivity contribution is 5.35. The Hall–Kier alpha value is -1.06. The number of aryl methyl sites for hydroxylation is 2. The molecule has 2 N–H and O–H groups in total. The summed E-state index contributed by atoms with van der Waals surface area (Å²) >= 11 is 0. The lowest BCUT2D eigenvalue weighted by atomic mass is 10.0. The zero-order chi connectivity index (χ0) is 12.3. The predicted octanol–water partition coefficient (Wildman–Crippen LogP) is 2.05. The Morgan fingerprint density at radius 2 is 2.29 bits per heavy atom. The van der Waals surface area contributed by atoms with Crippen LogP contribution >= 0.6 is 0 Å². The van der Waals surface area contributed by atoms with Gasteiger partial charge < -0.3 is 15.2 Å². The lowest BCUT2D eigenvalue weighted by Crippen LogP contribution is -2.36. The molecule has 1 heterocycles. The number of benzene rings is 1. The van der Waals surface area contributed by atoms with Gasteiger partial charge in [0.25, 0.3) is 0 Å². The summed E-state index contributed by atoms with van der Waals surface area (Å²) in [5, 5.41) is 0. The second-order valence-electron chi connectivity index (χ2n) is 4.87. The largest absolute Gasteiger partial charge is 0.492 e. The van der Waals surface area contributed by atoms with Crippen LogP contribution in [0.2, 0.25) is 0 Å². The Balaban J connectivity index is 1.88. The average molecular weight is 235 g/mol. The molecule has 0 spiro atoms. The van der Waals surface area contributed by atoms with Crippen LogP contribution < -0.4 is 10.5 Å². The molecule has 0 radical (unpaired) electrons. The molecule has 3 heteroatoms. The first-order valence-corrected chi connectivity index (χ1v) is 6.20.